The number of phosphoric acid groups is 1. The number of carbonyl (C=O) groups is 2. The van der Waals surface area contributed by atoms with Crippen LogP contribution in [0.25, 0.3) is 0 Å². The zero-order valence-corrected chi connectivity index (χ0v) is 50.9. The van der Waals surface area contributed by atoms with Gasteiger partial charge in [-0.3, -0.25) is 18.6 Å². The molecule has 0 aliphatic heterocycles. The maximum absolute atomic E-state index is 13.5. The fourth-order valence-corrected chi connectivity index (χ4v) is 9.78. The number of unbranched alkanes of at least 4 members (excludes halogenated alkanes) is 33. The van der Waals surface area contributed by atoms with Crippen molar-refractivity contribution in [3.05, 3.63) is 60.8 Å². The summed E-state index contributed by atoms with van der Waals surface area (Å²) in [6, 6.07) is -0.850. The lowest BCUT2D eigenvalue weighted by Gasteiger charge is -2.27. The van der Waals surface area contributed by atoms with Crippen LogP contribution in [-0.4, -0.2) is 74.3 Å². The molecule has 0 bridgehead atoms. The summed E-state index contributed by atoms with van der Waals surface area (Å²) in [6.45, 7) is 6.99. The number of nitrogens with zero attached hydrogens (tertiary/aromatic N) is 1. The molecule has 0 fully saturated rings. The molecule has 0 spiro atoms. The summed E-state index contributed by atoms with van der Waals surface area (Å²) >= 11 is 0. The first-order chi connectivity index (χ1) is 36.4. The highest BCUT2D eigenvalue weighted by atomic mass is 31.2. The number of nitrogens with one attached hydrogen (secondary N) is 1. The number of hydrogen-bond donors (Lipinski definition) is 2. The molecule has 3 unspecified atom stereocenters. The van der Waals surface area contributed by atoms with Gasteiger partial charge in [0.2, 0.25) is 5.91 Å². The lowest BCUT2D eigenvalue weighted by atomic mass is 10.0. The fraction of sp³-hybridized carbons (Fsp3) is 0.815. The molecular formula is C65H122N2O7P+. The molecule has 0 saturated carbocycles. The first kappa shape index (κ1) is 72.7. The van der Waals surface area contributed by atoms with Crippen LogP contribution in [0.4, 0.5) is 0 Å². The van der Waals surface area contributed by atoms with Crippen molar-refractivity contribution >= 4 is 19.7 Å². The molecule has 0 heterocycles. The highest BCUT2D eigenvalue weighted by molar-refractivity contribution is 7.47. The number of rotatable bonds is 57. The van der Waals surface area contributed by atoms with Crippen molar-refractivity contribution in [2.75, 3.05) is 40.9 Å². The Balaban J connectivity index is 5.13. The van der Waals surface area contributed by atoms with Gasteiger partial charge in [0, 0.05) is 12.8 Å². The van der Waals surface area contributed by atoms with Crippen molar-refractivity contribution in [2.45, 2.75) is 303 Å². The van der Waals surface area contributed by atoms with Gasteiger partial charge in [-0.2, -0.15) is 0 Å². The monoisotopic (exact) mass is 1070 g/mol. The topological polar surface area (TPSA) is 111 Å². The number of allylic oxidation sites excluding steroid dienone is 9. The number of quaternary nitrogens is 1. The van der Waals surface area contributed by atoms with Crippen LogP contribution >= 0.6 is 7.82 Å². The molecule has 0 aliphatic carbocycles. The third-order valence-corrected chi connectivity index (χ3v) is 14.9. The Morgan fingerprint density at radius 2 is 0.813 bits per heavy atom. The summed E-state index contributed by atoms with van der Waals surface area (Å²) in [5.74, 6) is -0.506. The Morgan fingerprint density at radius 3 is 1.24 bits per heavy atom. The van der Waals surface area contributed by atoms with E-state index in [-0.39, 0.29) is 25.1 Å². The quantitative estimate of drug-likeness (QED) is 0.0205. The Bertz CT molecular complexity index is 1470. The molecule has 0 aromatic heterocycles. The lowest BCUT2D eigenvalue weighted by molar-refractivity contribution is -0.870. The highest BCUT2D eigenvalue weighted by Gasteiger charge is 2.30. The van der Waals surface area contributed by atoms with E-state index >= 15 is 0 Å². The normalized spacial score (nSPS) is 14.1. The molecule has 0 aliphatic rings. The minimum absolute atomic E-state index is 0.0390. The molecule has 10 heteroatoms. The average Bonchev–Trinajstić information content (AvgIpc) is 3.37. The molecule has 438 valence electrons. The number of likely N-dealkylation sites (N-methyl/N-ethyl adjacent to an activating group) is 1. The van der Waals surface area contributed by atoms with Crippen LogP contribution in [-0.2, 0) is 27.9 Å². The van der Waals surface area contributed by atoms with Crippen molar-refractivity contribution in [1.29, 1.82) is 0 Å². The van der Waals surface area contributed by atoms with Crippen molar-refractivity contribution in [3.63, 3.8) is 0 Å². The molecule has 0 rings (SSSR count). The molecule has 3 atom stereocenters. The standard InChI is InChI=1S/C65H121N2O7P/c1-7-10-13-16-19-22-25-27-28-29-30-31-32-33-34-35-36-37-38-40-43-45-48-51-54-57-64(68)66-62(61-73-75(70,71)72-60-59-67(4,5)6)63(56-53-50-47-44-42-39-26-23-20-17-14-11-8-2)74-65(69)58-55-52-49-46-41-24-21-18-15-12-9-3/h19,22,27-28,30-31,33-34,53,56,62-63H,7-18,20-21,23-26,29,32,35-52,54-55,57-61H2,1-6H3,(H-,66,68,70,71)/p+1/b22-19-,28-27-,31-30-,34-33-,56-53+. The van der Waals surface area contributed by atoms with Crippen molar-refractivity contribution < 1.29 is 37.3 Å². The van der Waals surface area contributed by atoms with Crippen LogP contribution in [0.3, 0.4) is 0 Å². The Morgan fingerprint density at radius 1 is 0.467 bits per heavy atom. The summed E-state index contributed by atoms with van der Waals surface area (Å²) in [6.07, 6.45) is 69.3. The van der Waals surface area contributed by atoms with Crippen LogP contribution in [0.1, 0.15) is 290 Å². The maximum Gasteiger partial charge on any atom is 0.472 e. The van der Waals surface area contributed by atoms with Gasteiger partial charge in [-0.25, -0.2) is 4.57 Å². The number of ether oxygens (including phenoxy) is 1. The molecule has 0 aromatic rings. The predicted molar refractivity (Wildman–Crippen MR) is 323 cm³/mol. The molecule has 75 heavy (non-hydrogen) atoms. The minimum Gasteiger partial charge on any atom is -0.456 e. The number of esters is 1. The van der Waals surface area contributed by atoms with Crippen molar-refractivity contribution in [1.82, 2.24) is 5.32 Å². The van der Waals surface area contributed by atoms with E-state index in [9.17, 15) is 19.0 Å². The van der Waals surface area contributed by atoms with Crippen LogP contribution < -0.4 is 5.32 Å². The van der Waals surface area contributed by atoms with E-state index in [4.69, 9.17) is 13.8 Å². The summed E-state index contributed by atoms with van der Waals surface area (Å²) in [4.78, 5) is 37.7. The van der Waals surface area contributed by atoms with E-state index in [1.165, 1.54) is 167 Å². The summed E-state index contributed by atoms with van der Waals surface area (Å²) in [7, 11) is 1.50. The zero-order chi connectivity index (χ0) is 55.0. The highest BCUT2D eigenvalue weighted by Crippen LogP contribution is 2.43. The van der Waals surface area contributed by atoms with E-state index in [1.807, 2.05) is 33.3 Å². The van der Waals surface area contributed by atoms with Crippen LogP contribution in [0.5, 0.6) is 0 Å². The van der Waals surface area contributed by atoms with E-state index in [2.05, 4.69) is 74.7 Å². The zero-order valence-electron chi connectivity index (χ0n) is 50.0. The Labute approximate surface area is 464 Å². The second kappa shape index (κ2) is 55.0. The lowest BCUT2D eigenvalue weighted by Crippen LogP contribution is -2.47. The first-order valence-electron chi connectivity index (χ1n) is 31.6. The fourth-order valence-electron chi connectivity index (χ4n) is 9.04. The summed E-state index contributed by atoms with van der Waals surface area (Å²) in [5.41, 5.74) is 0. The molecular weight excluding hydrogens is 952 g/mol. The van der Waals surface area contributed by atoms with Gasteiger partial charge in [0.05, 0.1) is 33.8 Å². The van der Waals surface area contributed by atoms with Crippen molar-refractivity contribution in [3.8, 4) is 0 Å². The predicted octanol–water partition coefficient (Wildman–Crippen LogP) is 19.4. The van der Waals surface area contributed by atoms with Gasteiger partial charge in [-0.05, 0) is 76.7 Å². The van der Waals surface area contributed by atoms with Gasteiger partial charge >= 0.3 is 13.8 Å². The van der Waals surface area contributed by atoms with Gasteiger partial charge in [0.25, 0.3) is 0 Å². The SMILES string of the molecule is CCCCC/C=C\C/C=C\C/C=C\C/C=C\CCCCCCCCCCCC(=O)NC(COP(=O)(O)OCC[N+](C)(C)C)C(/C=C/CCCCCCCCCCCCC)OC(=O)CCCCCCCCCCCCC. The second-order valence-electron chi connectivity index (χ2n) is 22.6. The minimum atomic E-state index is -4.45. The van der Waals surface area contributed by atoms with Gasteiger partial charge in [-0.1, -0.05) is 262 Å². The third kappa shape index (κ3) is 56.2. The number of hydrogen-bond acceptors (Lipinski definition) is 6. The smallest absolute Gasteiger partial charge is 0.456 e. The second-order valence-corrected chi connectivity index (χ2v) is 24.0. The van der Waals surface area contributed by atoms with Gasteiger partial charge < -0.3 is 19.4 Å². The van der Waals surface area contributed by atoms with E-state index < -0.39 is 20.0 Å². The van der Waals surface area contributed by atoms with E-state index in [0.29, 0.717) is 23.9 Å². The van der Waals surface area contributed by atoms with E-state index in [1.54, 1.807) is 0 Å². The molecule has 0 saturated heterocycles. The van der Waals surface area contributed by atoms with Crippen LogP contribution in [0.15, 0.2) is 60.8 Å². The molecule has 0 aromatic carbocycles. The third-order valence-electron chi connectivity index (χ3n) is 14.0. The Kier molecular flexibility index (Phi) is 53.4. The van der Waals surface area contributed by atoms with Gasteiger partial charge in [0.15, 0.2) is 0 Å². The summed E-state index contributed by atoms with van der Waals surface area (Å²) < 4.78 is 30.7. The van der Waals surface area contributed by atoms with Crippen LogP contribution in [0.2, 0.25) is 0 Å². The van der Waals surface area contributed by atoms with Gasteiger partial charge in [-0.15, -0.1) is 0 Å². The van der Waals surface area contributed by atoms with Crippen LogP contribution in [0, 0.1) is 0 Å². The maximum atomic E-state index is 13.5. The number of amides is 1. The first-order valence-corrected chi connectivity index (χ1v) is 33.1. The molecule has 2 N–H and O–H groups in total. The molecule has 9 nitrogen and oxygen atoms in total. The van der Waals surface area contributed by atoms with Crippen molar-refractivity contribution in [2.24, 2.45) is 0 Å². The molecule has 0 radical (unpaired) electrons. The van der Waals surface area contributed by atoms with E-state index in [0.717, 1.165) is 89.9 Å². The number of carbonyl (C=O) groups excluding carboxylic acids is 2. The molecule has 1 amide bonds. The summed E-state index contributed by atoms with van der Waals surface area (Å²) in [5, 5.41) is 3.06. The number of phosphoric ester groups is 1. The largest absolute Gasteiger partial charge is 0.472 e. The average molecular weight is 1070 g/mol. The Hall–Kier alpha value is -2.29. The van der Waals surface area contributed by atoms with Gasteiger partial charge in [0.1, 0.15) is 19.3 Å².